The van der Waals surface area contributed by atoms with Crippen molar-refractivity contribution < 1.29 is 18.9 Å². The zero-order valence-electron chi connectivity index (χ0n) is 11.8. The second-order valence-electron chi connectivity index (χ2n) is 3.68. The average molecular weight is 260 g/mol. The molecule has 0 bridgehead atoms. The Labute approximate surface area is 109 Å². The maximum absolute atomic E-state index is 5.06. The molecule has 0 rings (SSSR count). The molecule has 0 aliphatic heterocycles. The van der Waals surface area contributed by atoms with Crippen LogP contribution in [0.1, 0.15) is 12.8 Å². The van der Waals surface area contributed by atoms with Gasteiger partial charge in [-0.25, -0.2) is 0 Å². The van der Waals surface area contributed by atoms with Crippen molar-refractivity contribution in [2.24, 2.45) is 10.2 Å². The summed E-state index contributed by atoms with van der Waals surface area (Å²) in [7, 11) is 6.57. The Morgan fingerprint density at radius 2 is 1.06 bits per heavy atom. The molecule has 0 radical (unpaired) electrons. The van der Waals surface area contributed by atoms with Crippen molar-refractivity contribution in [1.29, 1.82) is 0 Å². The molecule has 0 aromatic rings. The topological polar surface area (TPSA) is 61.6 Å². The molecule has 0 fully saturated rings. The highest BCUT2D eigenvalue weighted by atomic mass is 16.5. The first-order valence-corrected chi connectivity index (χ1v) is 5.85. The van der Waals surface area contributed by atoms with Gasteiger partial charge in [0, 0.05) is 41.3 Å². The van der Waals surface area contributed by atoms with E-state index in [1.807, 2.05) is 0 Å². The summed E-state index contributed by atoms with van der Waals surface area (Å²) < 4.78 is 20.1. The molecule has 0 saturated heterocycles. The number of rotatable bonds is 11. The van der Waals surface area contributed by atoms with Crippen LogP contribution in [0, 0.1) is 0 Å². The predicted octanol–water partition coefficient (Wildman–Crippen LogP) is 1.15. The Balaban J connectivity index is 4.48. The third-order valence-electron chi connectivity index (χ3n) is 2.14. The standard InChI is InChI=1S/C12H24N2O4/c1-15-7-5-11(9-17-3)13-14-12(10-18-4)6-8-16-2/h5-10H2,1-4H3/b13-11-,14-12-. The molecule has 0 spiro atoms. The van der Waals surface area contributed by atoms with Crippen LogP contribution in [0.3, 0.4) is 0 Å². The van der Waals surface area contributed by atoms with Crippen LogP contribution in [-0.2, 0) is 18.9 Å². The average Bonchev–Trinajstić information content (AvgIpc) is 2.38. The Bertz CT molecular complexity index is 228. The minimum absolute atomic E-state index is 0.456. The van der Waals surface area contributed by atoms with Crippen LogP contribution in [0.2, 0.25) is 0 Å². The molecule has 6 nitrogen and oxygen atoms in total. The van der Waals surface area contributed by atoms with E-state index in [-0.39, 0.29) is 0 Å². The van der Waals surface area contributed by atoms with E-state index >= 15 is 0 Å². The van der Waals surface area contributed by atoms with Crippen molar-refractivity contribution in [1.82, 2.24) is 0 Å². The molecular formula is C12H24N2O4. The van der Waals surface area contributed by atoms with Gasteiger partial charge in [0.1, 0.15) is 0 Å². The van der Waals surface area contributed by atoms with Gasteiger partial charge in [-0.3, -0.25) is 0 Å². The molecule has 0 aromatic heterocycles. The van der Waals surface area contributed by atoms with E-state index in [0.717, 1.165) is 11.4 Å². The SMILES string of the molecule is COCC/C(COC)=N/N=C(/CCOC)COC. The Kier molecular flexibility index (Phi) is 12.1. The van der Waals surface area contributed by atoms with Gasteiger partial charge in [0.15, 0.2) is 0 Å². The first-order valence-electron chi connectivity index (χ1n) is 5.85. The molecule has 0 N–H and O–H groups in total. The van der Waals surface area contributed by atoms with Crippen LogP contribution in [0.5, 0.6) is 0 Å². The van der Waals surface area contributed by atoms with Gasteiger partial charge < -0.3 is 18.9 Å². The summed E-state index contributed by atoms with van der Waals surface area (Å²) in [6.45, 7) is 2.12. The van der Waals surface area contributed by atoms with Crippen LogP contribution in [0.15, 0.2) is 10.2 Å². The molecule has 0 aliphatic carbocycles. The van der Waals surface area contributed by atoms with Crippen molar-refractivity contribution >= 4 is 11.4 Å². The van der Waals surface area contributed by atoms with E-state index < -0.39 is 0 Å². The fraction of sp³-hybridized carbons (Fsp3) is 0.833. The van der Waals surface area contributed by atoms with Crippen LogP contribution in [0.4, 0.5) is 0 Å². The maximum Gasteiger partial charge on any atom is 0.0864 e. The minimum Gasteiger partial charge on any atom is -0.384 e. The van der Waals surface area contributed by atoms with Crippen LogP contribution in [-0.4, -0.2) is 66.3 Å². The summed E-state index contributed by atoms with van der Waals surface area (Å²) in [6, 6.07) is 0. The van der Waals surface area contributed by atoms with Gasteiger partial charge in [0.2, 0.25) is 0 Å². The predicted molar refractivity (Wildman–Crippen MR) is 71.6 cm³/mol. The van der Waals surface area contributed by atoms with Gasteiger partial charge in [-0.15, -0.1) is 0 Å². The third-order valence-corrected chi connectivity index (χ3v) is 2.14. The lowest BCUT2D eigenvalue weighted by molar-refractivity contribution is 0.200. The van der Waals surface area contributed by atoms with Crippen LogP contribution >= 0.6 is 0 Å². The molecule has 106 valence electrons. The lowest BCUT2D eigenvalue weighted by Gasteiger charge is -2.05. The van der Waals surface area contributed by atoms with E-state index in [2.05, 4.69) is 10.2 Å². The maximum atomic E-state index is 5.06. The fourth-order valence-corrected chi connectivity index (χ4v) is 1.22. The largest absolute Gasteiger partial charge is 0.384 e. The van der Waals surface area contributed by atoms with Crippen LogP contribution in [0.25, 0.3) is 0 Å². The number of hydrogen-bond acceptors (Lipinski definition) is 6. The number of hydrogen-bond donors (Lipinski definition) is 0. The minimum atomic E-state index is 0.456. The van der Waals surface area contributed by atoms with Crippen molar-refractivity contribution in [3.8, 4) is 0 Å². The first-order chi connectivity index (χ1) is 8.78. The fourth-order valence-electron chi connectivity index (χ4n) is 1.22. The van der Waals surface area contributed by atoms with Gasteiger partial charge in [-0.1, -0.05) is 0 Å². The molecular weight excluding hydrogens is 236 g/mol. The smallest absolute Gasteiger partial charge is 0.0864 e. The highest BCUT2D eigenvalue weighted by Gasteiger charge is 2.01. The summed E-state index contributed by atoms with van der Waals surface area (Å²) in [5, 5.41) is 8.37. The van der Waals surface area contributed by atoms with E-state index in [9.17, 15) is 0 Å². The molecule has 6 heteroatoms. The normalized spacial score (nSPS) is 13.1. The summed E-state index contributed by atoms with van der Waals surface area (Å²) in [6.07, 6.45) is 1.41. The highest BCUT2D eigenvalue weighted by molar-refractivity contribution is 5.89. The van der Waals surface area contributed by atoms with Gasteiger partial charge in [0.25, 0.3) is 0 Å². The summed E-state index contributed by atoms with van der Waals surface area (Å²) in [4.78, 5) is 0. The summed E-state index contributed by atoms with van der Waals surface area (Å²) in [5.74, 6) is 0. The van der Waals surface area contributed by atoms with Gasteiger partial charge in [-0.05, 0) is 0 Å². The zero-order valence-corrected chi connectivity index (χ0v) is 11.8. The quantitative estimate of drug-likeness (QED) is 0.413. The number of ether oxygens (including phenoxy) is 4. The van der Waals surface area contributed by atoms with E-state index in [0.29, 0.717) is 39.3 Å². The molecule has 18 heavy (non-hydrogen) atoms. The van der Waals surface area contributed by atoms with Gasteiger partial charge >= 0.3 is 0 Å². The number of nitrogens with zero attached hydrogens (tertiary/aromatic N) is 2. The zero-order chi connectivity index (χ0) is 13.6. The Morgan fingerprint density at radius 1 is 0.667 bits per heavy atom. The lowest BCUT2D eigenvalue weighted by atomic mass is 10.3. The third kappa shape index (κ3) is 9.23. The summed E-state index contributed by atoms with van der Waals surface area (Å²) in [5.41, 5.74) is 1.70. The second-order valence-corrected chi connectivity index (χ2v) is 3.68. The van der Waals surface area contributed by atoms with Crippen molar-refractivity contribution in [3.05, 3.63) is 0 Å². The monoisotopic (exact) mass is 260 g/mol. The molecule has 0 amide bonds. The molecule has 0 unspecified atom stereocenters. The van der Waals surface area contributed by atoms with E-state index in [4.69, 9.17) is 18.9 Å². The lowest BCUT2D eigenvalue weighted by Crippen LogP contribution is -2.12. The summed E-state index contributed by atoms with van der Waals surface area (Å²) >= 11 is 0. The highest BCUT2D eigenvalue weighted by Crippen LogP contribution is 1.95. The second kappa shape index (κ2) is 12.6. The molecule has 0 aliphatic rings. The van der Waals surface area contributed by atoms with Crippen molar-refractivity contribution in [2.75, 3.05) is 54.9 Å². The molecule has 0 heterocycles. The van der Waals surface area contributed by atoms with E-state index in [1.165, 1.54) is 0 Å². The molecule has 0 aromatic carbocycles. The van der Waals surface area contributed by atoms with Gasteiger partial charge in [-0.2, -0.15) is 10.2 Å². The molecule has 0 saturated carbocycles. The Hall–Kier alpha value is -0.820. The first kappa shape index (κ1) is 17.2. The van der Waals surface area contributed by atoms with Crippen molar-refractivity contribution in [3.63, 3.8) is 0 Å². The van der Waals surface area contributed by atoms with Crippen molar-refractivity contribution in [2.45, 2.75) is 12.8 Å². The Morgan fingerprint density at radius 3 is 1.33 bits per heavy atom. The van der Waals surface area contributed by atoms with Gasteiger partial charge in [0.05, 0.1) is 37.9 Å². The van der Waals surface area contributed by atoms with Crippen LogP contribution < -0.4 is 0 Å². The number of methoxy groups -OCH3 is 4. The molecule has 0 atom stereocenters. The van der Waals surface area contributed by atoms with E-state index in [1.54, 1.807) is 28.4 Å².